The van der Waals surface area contributed by atoms with E-state index in [9.17, 15) is 0 Å². The van der Waals surface area contributed by atoms with Crippen LogP contribution >= 0.6 is 0 Å². The Kier molecular flexibility index (Phi) is 2.04. The molecule has 0 radical (unpaired) electrons. The lowest BCUT2D eigenvalue weighted by Gasteiger charge is -2.05. The molecule has 78 valence electrons. The molecule has 0 aliphatic carbocycles. The number of H-pyrrole nitrogens is 1. The SMILES string of the molecule is c1ccc(Nc2ncnc3[nH]ccc23)cc1. The summed E-state index contributed by atoms with van der Waals surface area (Å²) in [6.07, 6.45) is 3.40. The Balaban J connectivity index is 2.04. The van der Waals surface area contributed by atoms with E-state index in [1.165, 1.54) is 0 Å². The third-order valence-electron chi connectivity index (χ3n) is 2.39. The summed E-state index contributed by atoms with van der Waals surface area (Å²) in [6, 6.07) is 11.9. The topological polar surface area (TPSA) is 53.6 Å². The van der Waals surface area contributed by atoms with Gasteiger partial charge in [0.25, 0.3) is 0 Å². The van der Waals surface area contributed by atoms with Gasteiger partial charge in [-0.2, -0.15) is 0 Å². The highest BCUT2D eigenvalue weighted by atomic mass is 15.0. The number of para-hydroxylation sites is 1. The van der Waals surface area contributed by atoms with Crippen molar-refractivity contribution in [1.82, 2.24) is 15.0 Å². The van der Waals surface area contributed by atoms with Gasteiger partial charge >= 0.3 is 0 Å². The lowest BCUT2D eigenvalue weighted by atomic mass is 10.3. The van der Waals surface area contributed by atoms with Crippen LogP contribution in [0.1, 0.15) is 0 Å². The summed E-state index contributed by atoms with van der Waals surface area (Å²) in [7, 11) is 0. The van der Waals surface area contributed by atoms with Crippen LogP contribution in [0.25, 0.3) is 11.0 Å². The molecule has 0 amide bonds. The first-order valence-electron chi connectivity index (χ1n) is 5.03. The van der Waals surface area contributed by atoms with Crippen molar-refractivity contribution in [2.75, 3.05) is 5.32 Å². The van der Waals surface area contributed by atoms with Gasteiger partial charge in [0.15, 0.2) is 0 Å². The highest BCUT2D eigenvalue weighted by Crippen LogP contribution is 2.21. The normalized spacial score (nSPS) is 10.5. The van der Waals surface area contributed by atoms with Crippen molar-refractivity contribution in [3.63, 3.8) is 0 Å². The molecule has 16 heavy (non-hydrogen) atoms. The predicted molar refractivity (Wildman–Crippen MR) is 63.6 cm³/mol. The van der Waals surface area contributed by atoms with Gasteiger partial charge < -0.3 is 10.3 Å². The molecule has 2 aromatic heterocycles. The van der Waals surface area contributed by atoms with Crippen LogP contribution in [0, 0.1) is 0 Å². The Morgan fingerprint density at radius 2 is 1.88 bits per heavy atom. The number of aromatic nitrogens is 3. The molecule has 0 aliphatic heterocycles. The van der Waals surface area contributed by atoms with E-state index >= 15 is 0 Å². The monoisotopic (exact) mass is 210 g/mol. The molecule has 0 bridgehead atoms. The quantitative estimate of drug-likeness (QED) is 0.683. The van der Waals surface area contributed by atoms with E-state index < -0.39 is 0 Å². The number of aromatic amines is 1. The first kappa shape index (κ1) is 8.91. The Morgan fingerprint density at radius 3 is 2.75 bits per heavy atom. The first-order valence-corrected chi connectivity index (χ1v) is 5.03. The minimum Gasteiger partial charge on any atom is -0.346 e. The zero-order valence-corrected chi connectivity index (χ0v) is 8.51. The van der Waals surface area contributed by atoms with Gasteiger partial charge in [0.05, 0.1) is 5.39 Å². The summed E-state index contributed by atoms with van der Waals surface area (Å²) < 4.78 is 0. The predicted octanol–water partition coefficient (Wildman–Crippen LogP) is 2.70. The van der Waals surface area contributed by atoms with E-state index in [1.807, 2.05) is 42.6 Å². The zero-order valence-electron chi connectivity index (χ0n) is 8.51. The van der Waals surface area contributed by atoms with Gasteiger partial charge in [-0.3, -0.25) is 0 Å². The highest BCUT2D eigenvalue weighted by molar-refractivity contribution is 5.88. The second-order valence-electron chi connectivity index (χ2n) is 3.45. The number of rotatable bonds is 2. The standard InChI is InChI=1S/C12H10N4/c1-2-4-9(5-3-1)16-12-10-6-7-13-11(10)14-8-15-12/h1-8H,(H2,13,14,15,16). The molecule has 0 saturated carbocycles. The first-order chi connectivity index (χ1) is 7.93. The molecule has 3 aromatic rings. The maximum absolute atomic E-state index is 4.23. The summed E-state index contributed by atoms with van der Waals surface area (Å²) in [5.41, 5.74) is 1.86. The number of nitrogens with one attached hydrogen (secondary N) is 2. The third-order valence-corrected chi connectivity index (χ3v) is 2.39. The number of hydrogen-bond acceptors (Lipinski definition) is 3. The minimum atomic E-state index is 0.817. The van der Waals surface area contributed by atoms with Crippen LogP contribution in [-0.2, 0) is 0 Å². The van der Waals surface area contributed by atoms with Gasteiger partial charge in [-0.05, 0) is 18.2 Å². The van der Waals surface area contributed by atoms with Gasteiger partial charge in [-0.25, -0.2) is 9.97 Å². The van der Waals surface area contributed by atoms with E-state index in [-0.39, 0.29) is 0 Å². The fourth-order valence-electron chi connectivity index (χ4n) is 1.63. The van der Waals surface area contributed by atoms with Crippen LogP contribution in [0.3, 0.4) is 0 Å². The van der Waals surface area contributed by atoms with Crippen molar-refractivity contribution in [3.8, 4) is 0 Å². The molecular formula is C12H10N4. The van der Waals surface area contributed by atoms with Crippen LogP contribution in [0.2, 0.25) is 0 Å². The summed E-state index contributed by atoms with van der Waals surface area (Å²) in [4.78, 5) is 11.4. The van der Waals surface area contributed by atoms with Crippen molar-refractivity contribution in [2.24, 2.45) is 0 Å². The van der Waals surface area contributed by atoms with E-state index in [2.05, 4.69) is 20.3 Å². The van der Waals surface area contributed by atoms with Gasteiger partial charge in [0.1, 0.15) is 17.8 Å². The maximum Gasteiger partial charge on any atom is 0.143 e. The van der Waals surface area contributed by atoms with Crippen molar-refractivity contribution in [1.29, 1.82) is 0 Å². The molecule has 0 aliphatic rings. The number of benzene rings is 1. The molecule has 0 unspecified atom stereocenters. The van der Waals surface area contributed by atoms with Crippen molar-refractivity contribution >= 4 is 22.5 Å². The number of hydrogen-bond donors (Lipinski definition) is 2. The third kappa shape index (κ3) is 1.50. The summed E-state index contributed by atoms with van der Waals surface area (Å²) in [6.45, 7) is 0. The fourth-order valence-corrected chi connectivity index (χ4v) is 1.63. The molecule has 0 atom stereocenters. The molecule has 0 saturated heterocycles. The second-order valence-corrected chi connectivity index (χ2v) is 3.45. The molecule has 2 N–H and O–H groups in total. The van der Waals surface area contributed by atoms with Crippen molar-refractivity contribution < 1.29 is 0 Å². The summed E-state index contributed by atoms with van der Waals surface area (Å²) >= 11 is 0. The van der Waals surface area contributed by atoms with Crippen molar-refractivity contribution in [2.45, 2.75) is 0 Å². The molecule has 4 heteroatoms. The van der Waals surface area contributed by atoms with Crippen LogP contribution in [-0.4, -0.2) is 15.0 Å². The van der Waals surface area contributed by atoms with E-state index in [0.717, 1.165) is 22.5 Å². The molecule has 0 spiro atoms. The fraction of sp³-hybridized carbons (Fsp3) is 0. The smallest absolute Gasteiger partial charge is 0.143 e. The average Bonchev–Trinajstić information content (AvgIpc) is 2.80. The van der Waals surface area contributed by atoms with Gasteiger partial charge in [0, 0.05) is 11.9 Å². The zero-order chi connectivity index (χ0) is 10.8. The number of anilines is 2. The van der Waals surface area contributed by atoms with E-state index in [4.69, 9.17) is 0 Å². The van der Waals surface area contributed by atoms with Gasteiger partial charge in [0.2, 0.25) is 0 Å². The van der Waals surface area contributed by atoms with Crippen LogP contribution < -0.4 is 5.32 Å². The Morgan fingerprint density at radius 1 is 1.00 bits per heavy atom. The Labute approximate surface area is 92.4 Å². The molecule has 0 fully saturated rings. The van der Waals surface area contributed by atoms with Crippen molar-refractivity contribution in [3.05, 3.63) is 48.9 Å². The largest absolute Gasteiger partial charge is 0.346 e. The molecule has 1 aromatic carbocycles. The van der Waals surface area contributed by atoms with Crippen LogP contribution in [0.4, 0.5) is 11.5 Å². The molecule has 4 nitrogen and oxygen atoms in total. The maximum atomic E-state index is 4.23. The lowest BCUT2D eigenvalue weighted by Crippen LogP contribution is -1.94. The Bertz CT molecular complexity index is 600. The molecular weight excluding hydrogens is 200 g/mol. The summed E-state index contributed by atoms with van der Waals surface area (Å²) in [5.74, 6) is 0.817. The van der Waals surface area contributed by atoms with Gasteiger partial charge in [-0.15, -0.1) is 0 Å². The highest BCUT2D eigenvalue weighted by Gasteiger charge is 2.03. The lowest BCUT2D eigenvalue weighted by molar-refractivity contribution is 1.20. The van der Waals surface area contributed by atoms with Crippen LogP contribution in [0.15, 0.2) is 48.9 Å². The molecule has 2 heterocycles. The summed E-state index contributed by atoms with van der Waals surface area (Å²) in [5, 5.41) is 4.25. The number of fused-ring (bicyclic) bond motifs is 1. The van der Waals surface area contributed by atoms with Crippen LogP contribution in [0.5, 0.6) is 0 Å². The second kappa shape index (κ2) is 3.66. The van der Waals surface area contributed by atoms with Gasteiger partial charge in [-0.1, -0.05) is 18.2 Å². The van der Waals surface area contributed by atoms with E-state index in [0.29, 0.717) is 0 Å². The minimum absolute atomic E-state index is 0.817. The van der Waals surface area contributed by atoms with E-state index in [1.54, 1.807) is 6.33 Å². The molecule has 3 rings (SSSR count). The number of nitrogens with zero attached hydrogens (tertiary/aromatic N) is 2. The average molecular weight is 210 g/mol. The Hall–Kier alpha value is -2.36.